The topological polar surface area (TPSA) is 32.9 Å². The van der Waals surface area contributed by atoms with Gasteiger partial charge in [-0.3, -0.25) is 4.79 Å². The predicted molar refractivity (Wildman–Crippen MR) is 49.7 cm³/mol. The quantitative estimate of drug-likeness (QED) is 0.644. The molecule has 1 fully saturated rings. The Morgan fingerprint density at radius 3 is 2.77 bits per heavy atom. The van der Waals surface area contributed by atoms with Gasteiger partial charge in [-0.15, -0.1) is 0 Å². The van der Waals surface area contributed by atoms with Crippen LogP contribution >= 0.6 is 0 Å². The average molecular weight is 175 g/mol. The van der Waals surface area contributed by atoms with Gasteiger partial charge < -0.3 is 4.98 Å². The van der Waals surface area contributed by atoms with Crippen molar-refractivity contribution in [1.29, 1.82) is 0 Å². The second kappa shape index (κ2) is 2.25. The van der Waals surface area contributed by atoms with Gasteiger partial charge >= 0.3 is 0 Å². The van der Waals surface area contributed by atoms with E-state index in [-0.39, 0.29) is 5.41 Å². The van der Waals surface area contributed by atoms with Crippen molar-refractivity contribution in [2.75, 3.05) is 0 Å². The maximum atomic E-state index is 12.1. The van der Waals surface area contributed by atoms with Gasteiger partial charge in [0.15, 0.2) is 5.78 Å². The second-order valence-electron chi connectivity index (χ2n) is 4.36. The van der Waals surface area contributed by atoms with Crippen molar-refractivity contribution in [3.05, 3.63) is 23.5 Å². The van der Waals surface area contributed by atoms with Gasteiger partial charge in [0, 0.05) is 23.4 Å². The van der Waals surface area contributed by atoms with Crippen LogP contribution in [0.3, 0.4) is 0 Å². The van der Waals surface area contributed by atoms with Crippen LogP contribution in [0.4, 0.5) is 0 Å². The van der Waals surface area contributed by atoms with E-state index in [2.05, 4.69) is 4.98 Å². The summed E-state index contributed by atoms with van der Waals surface area (Å²) in [5.74, 6) is 0.404. The molecule has 1 N–H and O–H groups in total. The monoisotopic (exact) mass is 175 g/mol. The fourth-order valence-corrected chi connectivity index (χ4v) is 2.67. The Hall–Kier alpha value is -1.05. The molecule has 1 spiro atoms. The summed E-state index contributed by atoms with van der Waals surface area (Å²) in [4.78, 5) is 15.1. The molecular formula is C11H13NO. The maximum Gasteiger partial charge on any atom is 0.170 e. The smallest absolute Gasteiger partial charge is 0.170 e. The number of Topliss-reactive ketones (excluding diaryl/α,β-unsaturated/α-hetero) is 1. The maximum absolute atomic E-state index is 12.1. The van der Waals surface area contributed by atoms with Crippen LogP contribution in [0, 0.1) is 5.41 Å². The molecule has 0 amide bonds. The van der Waals surface area contributed by atoms with E-state index in [1.165, 1.54) is 12.0 Å². The first-order valence-electron chi connectivity index (χ1n) is 5.02. The van der Waals surface area contributed by atoms with Crippen LogP contribution in [0.5, 0.6) is 0 Å². The van der Waals surface area contributed by atoms with Crippen molar-refractivity contribution >= 4 is 5.78 Å². The molecular weight excluding hydrogens is 162 g/mol. The Labute approximate surface area is 77.3 Å². The number of hydrogen-bond acceptors (Lipinski definition) is 1. The summed E-state index contributed by atoms with van der Waals surface area (Å²) >= 11 is 0. The zero-order chi connectivity index (χ0) is 8.89. The van der Waals surface area contributed by atoms with Crippen molar-refractivity contribution in [2.24, 2.45) is 5.41 Å². The third kappa shape index (κ3) is 0.808. The minimum Gasteiger partial charge on any atom is -0.367 e. The van der Waals surface area contributed by atoms with Crippen LogP contribution in [0.1, 0.15) is 41.6 Å². The van der Waals surface area contributed by atoms with Crippen molar-refractivity contribution in [3.8, 4) is 0 Å². The highest BCUT2D eigenvalue weighted by molar-refractivity contribution is 6.03. The van der Waals surface area contributed by atoms with E-state index in [1.807, 2.05) is 12.4 Å². The Balaban J connectivity index is 2.06. The lowest BCUT2D eigenvalue weighted by Gasteiger charge is -2.42. The first-order valence-corrected chi connectivity index (χ1v) is 5.02. The van der Waals surface area contributed by atoms with Crippen molar-refractivity contribution in [1.82, 2.24) is 4.98 Å². The third-order valence-electron chi connectivity index (χ3n) is 3.74. The number of carbonyl (C=O) groups is 1. The van der Waals surface area contributed by atoms with E-state index in [1.54, 1.807) is 0 Å². The lowest BCUT2D eigenvalue weighted by atomic mass is 9.59. The minimum absolute atomic E-state index is 0.0647. The predicted octanol–water partition coefficient (Wildman–Crippen LogP) is 2.31. The largest absolute Gasteiger partial charge is 0.367 e. The van der Waals surface area contributed by atoms with Gasteiger partial charge in [0.1, 0.15) is 0 Å². The van der Waals surface area contributed by atoms with E-state index in [0.717, 1.165) is 31.2 Å². The Morgan fingerprint density at radius 1 is 1.23 bits per heavy atom. The minimum atomic E-state index is 0.0647. The summed E-state index contributed by atoms with van der Waals surface area (Å²) in [6, 6.07) is 0. The third-order valence-corrected chi connectivity index (χ3v) is 3.74. The molecule has 0 atom stereocenters. The van der Waals surface area contributed by atoms with Gasteiger partial charge in [0.05, 0.1) is 0 Å². The van der Waals surface area contributed by atoms with Crippen LogP contribution in [-0.4, -0.2) is 10.8 Å². The number of carbonyl (C=O) groups excluding carboxylic acids is 1. The standard InChI is InChI=1S/C11H13NO/c13-10-9-7-12-6-8(9)2-5-11(10)3-1-4-11/h6-7,12H,1-5H2. The number of aryl methyl sites for hydroxylation is 1. The van der Waals surface area contributed by atoms with Crippen molar-refractivity contribution < 1.29 is 4.79 Å². The van der Waals surface area contributed by atoms with E-state index < -0.39 is 0 Å². The molecule has 0 radical (unpaired) electrons. The Morgan fingerprint density at radius 2 is 2.08 bits per heavy atom. The SMILES string of the molecule is O=C1c2c[nH]cc2CCC12CCC2. The molecule has 2 heteroatoms. The average Bonchev–Trinajstić information content (AvgIpc) is 2.50. The molecule has 13 heavy (non-hydrogen) atoms. The number of hydrogen-bond donors (Lipinski definition) is 1. The number of nitrogens with one attached hydrogen (secondary N) is 1. The molecule has 1 heterocycles. The molecule has 2 aliphatic carbocycles. The number of rotatable bonds is 0. The van der Waals surface area contributed by atoms with Crippen molar-refractivity contribution in [2.45, 2.75) is 32.1 Å². The summed E-state index contributed by atoms with van der Waals surface area (Å²) in [5.41, 5.74) is 2.25. The molecule has 0 aromatic carbocycles. The Kier molecular flexibility index (Phi) is 1.27. The van der Waals surface area contributed by atoms with Gasteiger partial charge in [-0.2, -0.15) is 0 Å². The molecule has 0 saturated heterocycles. The van der Waals surface area contributed by atoms with E-state index in [4.69, 9.17) is 0 Å². The highest BCUT2D eigenvalue weighted by Crippen LogP contribution is 2.49. The molecule has 1 saturated carbocycles. The van der Waals surface area contributed by atoms with Gasteiger partial charge in [-0.05, 0) is 31.2 Å². The van der Waals surface area contributed by atoms with Gasteiger partial charge in [0.25, 0.3) is 0 Å². The number of H-pyrrole nitrogens is 1. The molecule has 2 aliphatic rings. The van der Waals surface area contributed by atoms with E-state index >= 15 is 0 Å². The summed E-state index contributed by atoms with van der Waals surface area (Å²) in [6.07, 6.45) is 9.50. The summed E-state index contributed by atoms with van der Waals surface area (Å²) in [5, 5.41) is 0. The normalized spacial score (nSPS) is 24.2. The fourth-order valence-electron chi connectivity index (χ4n) is 2.67. The molecule has 1 aromatic heterocycles. The Bertz CT molecular complexity index is 360. The number of fused-ring (bicyclic) bond motifs is 1. The van der Waals surface area contributed by atoms with Crippen molar-refractivity contribution in [3.63, 3.8) is 0 Å². The van der Waals surface area contributed by atoms with Crippen LogP contribution < -0.4 is 0 Å². The molecule has 0 bridgehead atoms. The first kappa shape index (κ1) is 7.36. The lowest BCUT2D eigenvalue weighted by molar-refractivity contribution is 0.0556. The fraction of sp³-hybridized carbons (Fsp3) is 0.545. The van der Waals surface area contributed by atoms with Crippen LogP contribution in [0.15, 0.2) is 12.4 Å². The molecule has 0 unspecified atom stereocenters. The number of aromatic nitrogens is 1. The molecule has 0 aliphatic heterocycles. The number of aromatic amines is 1. The van der Waals surface area contributed by atoms with Gasteiger partial charge in [-0.1, -0.05) is 6.42 Å². The summed E-state index contributed by atoms with van der Waals surface area (Å²) in [7, 11) is 0. The van der Waals surface area contributed by atoms with Crippen LogP contribution in [-0.2, 0) is 6.42 Å². The summed E-state index contributed by atoms with van der Waals surface area (Å²) in [6.45, 7) is 0. The molecule has 2 nitrogen and oxygen atoms in total. The van der Waals surface area contributed by atoms with Crippen LogP contribution in [0.25, 0.3) is 0 Å². The van der Waals surface area contributed by atoms with E-state index in [0.29, 0.717) is 5.78 Å². The van der Waals surface area contributed by atoms with Gasteiger partial charge in [-0.25, -0.2) is 0 Å². The zero-order valence-electron chi connectivity index (χ0n) is 7.60. The highest BCUT2D eigenvalue weighted by atomic mass is 16.1. The zero-order valence-corrected chi connectivity index (χ0v) is 7.60. The molecule has 68 valence electrons. The van der Waals surface area contributed by atoms with Gasteiger partial charge in [0.2, 0.25) is 0 Å². The highest BCUT2D eigenvalue weighted by Gasteiger charge is 2.46. The lowest BCUT2D eigenvalue weighted by Crippen LogP contribution is -2.41. The van der Waals surface area contributed by atoms with E-state index in [9.17, 15) is 4.79 Å². The molecule has 3 rings (SSSR count). The first-order chi connectivity index (χ1) is 6.32. The number of ketones is 1. The second-order valence-corrected chi connectivity index (χ2v) is 4.36. The van der Waals surface area contributed by atoms with Crippen LogP contribution in [0.2, 0.25) is 0 Å². The molecule has 1 aromatic rings. The summed E-state index contributed by atoms with van der Waals surface area (Å²) < 4.78 is 0.